The molecule has 0 radical (unpaired) electrons. The van der Waals surface area contributed by atoms with Gasteiger partial charge in [0.05, 0.1) is 11.6 Å². The van der Waals surface area contributed by atoms with Crippen molar-refractivity contribution in [1.82, 2.24) is 4.98 Å². The van der Waals surface area contributed by atoms with E-state index in [1.54, 1.807) is 6.92 Å². The fraction of sp³-hybridized carbons (Fsp3) is 0.438. The average Bonchev–Trinajstić information content (AvgIpc) is 2.38. The van der Waals surface area contributed by atoms with Crippen molar-refractivity contribution in [2.75, 3.05) is 0 Å². The molecule has 3 nitrogen and oxygen atoms in total. The van der Waals surface area contributed by atoms with Crippen molar-refractivity contribution in [3.63, 3.8) is 0 Å². The smallest absolute Gasteiger partial charge is 0.254 e. The number of aromatic amines is 1. The molecule has 0 amide bonds. The van der Waals surface area contributed by atoms with Crippen LogP contribution in [0, 0.1) is 6.92 Å². The van der Waals surface area contributed by atoms with Gasteiger partial charge in [0.2, 0.25) is 0 Å². The number of rotatable bonds is 1. The number of hydrogen-bond acceptors (Lipinski definition) is 2. The zero-order chi connectivity index (χ0) is 13.6. The molecule has 1 heterocycles. The van der Waals surface area contributed by atoms with Gasteiger partial charge in [0.15, 0.2) is 0 Å². The predicted molar refractivity (Wildman–Crippen MR) is 76.6 cm³/mol. The van der Waals surface area contributed by atoms with E-state index in [1.165, 1.54) is 24.0 Å². The SMILES string of the molecule is Cc1c(C(C)O)c(=O)[nH]c2c3c(ccc12)CCCC3. The van der Waals surface area contributed by atoms with Gasteiger partial charge in [0.1, 0.15) is 0 Å². The molecule has 0 saturated carbocycles. The monoisotopic (exact) mass is 257 g/mol. The van der Waals surface area contributed by atoms with Crippen molar-refractivity contribution in [3.8, 4) is 0 Å². The number of H-pyrrole nitrogens is 1. The lowest BCUT2D eigenvalue weighted by Gasteiger charge is -2.19. The standard InChI is InChI=1S/C16H19NO2/c1-9-12-8-7-11-5-3-4-6-13(11)15(12)17-16(19)14(9)10(2)18/h7-8,10,18H,3-6H2,1-2H3,(H,17,19). The van der Waals surface area contributed by atoms with Gasteiger partial charge in [-0.25, -0.2) is 0 Å². The largest absolute Gasteiger partial charge is 0.388 e. The molecule has 2 aromatic rings. The Labute approximate surface area is 112 Å². The molecule has 0 spiro atoms. The molecule has 1 atom stereocenters. The van der Waals surface area contributed by atoms with Crippen LogP contribution in [-0.2, 0) is 12.8 Å². The molecule has 0 saturated heterocycles. The average molecular weight is 257 g/mol. The van der Waals surface area contributed by atoms with E-state index >= 15 is 0 Å². The Kier molecular flexibility index (Phi) is 2.94. The third-order valence-corrected chi connectivity index (χ3v) is 4.24. The lowest BCUT2D eigenvalue weighted by atomic mass is 9.88. The number of fused-ring (bicyclic) bond motifs is 3. The first kappa shape index (κ1) is 12.4. The number of aliphatic hydroxyl groups excluding tert-OH is 1. The Hall–Kier alpha value is -1.61. The van der Waals surface area contributed by atoms with Crippen LogP contribution in [-0.4, -0.2) is 10.1 Å². The molecule has 3 heteroatoms. The summed E-state index contributed by atoms with van der Waals surface area (Å²) in [6.45, 7) is 3.57. The van der Waals surface area contributed by atoms with Crippen LogP contribution in [0.15, 0.2) is 16.9 Å². The topological polar surface area (TPSA) is 53.1 Å². The van der Waals surface area contributed by atoms with E-state index < -0.39 is 6.10 Å². The third-order valence-electron chi connectivity index (χ3n) is 4.24. The Bertz CT molecular complexity index is 698. The van der Waals surface area contributed by atoms with E-state index in [0.29, 0.717) is 5.56 Å². The molecule has 1 aliphatic carbocycles. The van der Waals surface area contributed by atoms with Crippen molar-refractivity contribution in [1.29, 1.82) is 0 Å². The highest BCUT2D eigenvalue weighted by atomic mass is 16.3. The fourth-order valence-corrected chi connectivity index (χ4v) is 3.28. The lowest BCUT2D eigenvalue weighted by Crippen LogP contribution is -2.18. The van der Waals surface area contributed by atoms with Gasteiger partial charge in [-0.2, -0.15) is 0 Å². The summed E-state index contributed by atoms with van der Waals surface area (Å²) in [5.41, 5.74) is 4.87. The minimum Gasteiger partial charge on any atom is -0.388 e. The number of benzene rings is 1. The number of aryl methyl sites for hydroxylation is 3. The molecular formula is C16H19NO2. The maximum absolute atomic E-state index is 12.2. The summed E-state index contributed by atoms with van der Waals surface area (Å²) in [7, 11) is 0. The molecule has 0 bridgehead atoms. The van der Waals surface area contributed by atoms with Crippen LogP contribution in [0.1, 0.15) is 48.1 Å². The van der Waals surface area contributed by atoms with Gasteiger partial charge in [-0.15, -0.1) is 0 Å². The second-order valence-corrected chi connectivity index (χ2v) is 5.50. The number of pyridine rings is 1. The lowest BCUT2D eigenvalue weighted by molar-refractivity contribution is 0.197. The molecule has 1 unspecified atom stereocenters. The summed E-state index contributed by atoms with van der Waals surface area (Å²) in [4.78, 5) is 15.2. The van der Waals surface area contributed by atoms with Gasteiger partial charge in [-0.05, 0) is 56.2 Å². The van der Waals surface area contributed by atoms with Gasteiger partial charge < -0.3 is 10.1 Å². The zero-order valence-corrected chi connectivity index (χ0v) is 11.4. The molecule has 1 aromatic carbocycles. The first-order valence-corrected chi connectivity index (χ1v) is 6.95. The molecular weight excluding hydrogens is 238 g/mol. The summed E-state index contributed by atoms with van der Waals surface area (Å²) < 4.78 is 0. The first-order valence-electron chi connectivity index (χ1n) is 6.95. The number of nitrogens with one attached hydrogen (secondary N) is 1. The van der Waals surface area contributed by atoms with E-state index in [4.69, 9.17) is 0 Å². The predicted octanol–water partition coefficient (Wildman–Crippen LogP) is 2.77. The first-order chi connectivity index (χ1) is 9.09. The fourth-order valence-electron chi connectivity index (χ4n) is 3.28. The van der Waals surface area contributed by atoms with Gasteiger partial charge in [0.25, 0.3) is 5.56 Å². The number of hydrogen-bond donors (Lipinski definition) is 2. The number of aromatic nitrogens is 1. The molecule has 0 aliphatic heterocycles. The zero-order valence-electron chi connectivity index (χ0n) is 11.4. The molecule has 0 fully saturated rings. The molecule has 100 valence electrons. The molecule has 19 heavy (non-hydrogen) atoms. The summed E-state index contributed by atoms with van der Waals surface area (Å²) in [5.74, 6) is 0. The Morgan fingerprint density at radius 1 is 1.26 bits per heavy atom. The summed E-state index contributed by atoms with van der Waals surface area (Å²) in [6, 6.07) is 4.25. The van der Waals surface area contributed by atoms with Crippen LogP contribution in [0.5, 0.6) is 0 Å². The van der Waals surface area contributed by atoms with Crippen LogP contribution in [0.3, 0.4) is 0 Å². The second-order valence-electron chi connectivity index (χ2n) is 5.50. The van der Waals surface area contributed by atoms with E-state index in [1.807, 2.05) is 6.92 Å². The van der Waals surface area contributed by atoms with E-state index in [2.05, 4.69) is 17.1 Å². The summed E-state index contributed by atoms with van der Waals surface area (Å²) >= 11 is 0. The van der Waals surface area contributed by atoms with E-state index in [9.17, 15) is 9.90 Å². The Balaban J connectivity index is 2.38. The molecule has 2 N–H and O–H groups in total. The van der Waals surface area contributed by atoms with Crippen LogP contribution < -0.4 is 5.56 Å². The van der Waals surface area contributed by atoms with E-state index in [0.717, 1.165) is 29.3 Å². The minimum atomic E-state index is -0.732. The highest BCUT2D eigenvalue weighted by molar-refractivity contribution is 5.87. The van der Waals surface area contributed by atoms with Crippen molar-refractivity contribution >= 4 is 10.9 Å². The van der Waals surface area contributed by atoms with Gasteiger partial charge in [0, 0.05) is 10.9 Å². The Morgan fingerprint density at radius 2 is 2.00 bits per heavy atom. The molecule has 3 rings (SSSR count). The van der Waals surface area contributed by atoms with Crippen LogP contribution >= 0.6 is 0 Å². The number of aliphatic hydroxyl groups is 1. The quantitative estimate of drug-likeness (QED) is 0.825. The third kappa shape index (κ3) is 1.89. The van der Waals surface area contributed by atoms with Gasteiger partial charge in [-0.3, -0.25) is 4.79 Å². The van der Waals surface area contributed by atoms with Gasteiger partial charge >= 0.3 is 0 Å². The summed E-state index contributed by atoms with van der Waals surface area (Å²) in [6.07, 6.45) is 3.82. The molecule has 1 aliphatic rings. The highest BCUT2D eigenvalue weighted by Gasteiger charge is 2.18. The minimum absolute atomic E-state index is 0.154. The van der Waals surface area contributed by atoms with Crippen LogP contribution in [0.2, 0.25) is 0 Å². The van der Waals surface area contributed by atoms with Crippen LogP contribution in [0.4, 0.5) is 0 Å². The normalized spacial score (nSPS) is 16.4. The summed E-state index contributed by atoms with van der Waals surface area (Å²) in [5, 5.41) is 10.8. The maximum atomic E-state index is 12.2. The van der Waals surface area contributed by atoms with Crippen molar-refractivity contribution < 1.29 is 5.11 Å². The molecule has 1 aromatic heterocycles. The Morgan fingerprint density at radius 3 is 2.74 bits per heavy atom. The van der Waals surface area contributed by atoms with Gasteiger partial charge in [-0.1, -0.05) is 12.1 Å². The maximum Gasteiger partial charge on any atom is 0.254 e. The van der Waals surface area contributed by atoms with Crippen molar-refractivity contribution in [2.45, 2.75) is 45.6 Å². The van der Waals surface area contributed by atoms with E-state index in [-0.39, 0.29) is 5.56 Å². The van der Waals surface area contributed by atoms with Crippen molar-refractivity contribution in [2.24, 2.45) is 0 Å². The second kappa shape index (κ2) is 4.49. The highest BCUT2D eigenvalue weighted by Crippen LogP contribution is 2.30. The van der Waals surface area contributed by atoms with Crippen molar-refractivity contribution in [3.05, 3.63) is 44.7 Å². The van der Waals surface area contributed by atoms with Crippen LogP contribution in [0.25, 0.3) is 10.9 Å².